The van der Waals surface area contributed by atoms with Gasteiger partial charge in [-0.05, 0) is 35.4 Å². The summed E-state index contributed by atoms with van der Waals surface area (Å²) in [6, 6.07) is 12.0. The first-order chi connectivity index (χ1) is 12.6. The summed E-state index contributed by atoms with van der Waals surface area (Å²) in [7, 11) is -3.39. The van der Waals surface area contributed by atoms with E-state index in [4.69, 9.17) is 5.73 Å². The number of hydrazone groups is 1. The highest BCUT2D eigenvalue weighted by Gasteiger charge is 2.43. The van der Waals surface area contributed by atoms with Gasteiger partial charge < -0.3 is 5.73 Å². The summed E-state index contributed by atoms with van der Waals surface area (Å²) in [6.07, 6.45) is -3.78. The molecule has 1 unspecified atom stereocenters. The summed E-state index contributed by atoms with van der Waals surface area (Å²) in [5, 5.41) is 5.12. The lowest BCUT2D eigenvalue weighted by Gasteiger charge is -2.24. The quantitative estimate of drug-likeness (QED) is 0.858. The van der Waals surface area contributed by atoms with Crippen molar-refractivity contribution in [3.63, 3.8) is 0 Å². The molecule has 1 aliphatic heterocycles. The van der Waals surface area contributed by atoms with Crippen LogP contribution in [0.4, 0.5) is 18.9 Å². The third-order valence-electron chi connectivity index (χ3n) is 4.34. The lowest BCUT2D eigenvalue weighted by atomic mass is 10.0. The van der Waals surface area contributed by atoms with Gasteiger partial charge in [0.25, 0.3) is 0 Å². The van der Waals surface area contributed by atoms with Gasteiger partial charge in [-0.3, -0.25) is 5.01 Å². The Bertz CT molecular complexity index is 970. The molecule has 0 aromatic heterocycles. The molecule has 1 atom stereocenters. The minimum absolute atomic E-state index is 0.109. The first kappa shape index (κ1) is 19.4. The molecule has 2 N–H and O–H groups in total. The van der Waals surface area contributed by atoms with Crippen molar-refractivity contribution >= 4 is 21.2 Å². The molecule has 1 aliphatic rings. The van der Waals surface area contributed by atoms with Crippen molar-refractivity contribution in [2.24, 2.45) is 10.8 Å². The molecule has 0 amide bonds. The molecule has 0 saturated carbocycles. The Hall–Kier alpha value is -2.39. The maximum absolute atomic E-state index is 13.2. The van der Waals surface area contributed by atoms with Crippen molar-refractivity contribution in [2.75, 3.05) is 11.3 Å². The van der Waals surface area contributed by atoms with Gasteiger partial charge in [0.15, 0.2) is 9.84 Å². The van der Waals surface area contributed by atoms with Gasteiger partial charge in [-0.2, -0.15) is 18.3 Å². The first-order valence-electron chi connectivity index (χ1n) is 8.12. The Kier molecular flexibility index (Phi) is 5.00. The zero-order valence-electron chi connectivity index (χ0n) is 14.4. The fourth-order valence-electron chi connectivity index (χ4n) is 2.94. The smallest absolute Gasteiger partial charge is 0.326 e. The Morgan fingerprint density at radius 2 is 1.85 bits per heavy atom. The van der Waals surface area contributed by atoms with Crippen molar-refractivity contribution in [3.05, 3.63) is 59.7 Å². The lowest BCUT2D eigenvalue weighted by molar-refractivity contribution is -0.0600. The monoisotopic (exact) mass is 397 g/mol. The second-order valence-electron chi connectivity index (χ2n) is 6.32. The van der Waals surface area contributed by atoms with Crippen LogP contribution in [-0.2, 0) is 16.4 Å². The Morgan fingerprint density at radius 3 is 2.41 bits per heavy atom. The van der Waals surface area contributed by atoms with Crippen molar-refractivity contribution in [2.45, 2.75) is 30.1 Å². The zero-order chi connectivity index (χ0) is 19.8. The predicted octanol–water partition coefficient (Wildman–Crippen LogP) is 3.42. The van der Waals surface area contributed by atoms with Gasteiger partial charge in [0, 0.05) is 19.2 Å². The molecule has 0 aliphatic carbocycles. The van der Waals surface area contributed by atoms with E-state index >= 15 is 0 Å². The molecular formula is C18H18F3N3O2S. The molecule has 3 rings (SSSR count). The second kappa shape index (κ2) is 6.97. The van der Waals surface area contributed by atoms with Crippen LogP contribution in [0.15, 0.2) is 58.5 Å². The number of hydrogen-bond acceptors (Lipinski definition) is 5. The van der Waals surface area contributed by atoms with Crippen LogP contribution >= 0.6 is 0 Å². The van der Waals surface area contributed by atoms with E-state index in [-0.39, 0.29) is 17.9 Å². The third kappa shape index (κ3) is 4.14. The summed E-state index contributed by atoms with van der Waals surface area (Å²) in [5.74, 6) is 0. The SMILES string of the molecule is CS(=O)(=O)c1ccc(C2CC(C(F)(F)F)=NN2c2cccc(CN)c2)cc1. The summed E-state index contributed by atoms with van der Waals surface area (Å²) < 4.78 is 63.0. The fraction of sp³-hybridized carbons (Fsp3) is 0.278. The van der Waals surface area contributed by atoms with Gasteiger partial charge in [0.2, 0.25) is 0 Å². The Balaban J connectivity index is 2.02. The number of anilines is 1. The van der Waals surface area contributed by atoms with Gasteiger partial charge in [0.1, 0.15) is 5.71 Å². The molecule has 5 nitrogen and oxygen atoms in total. The van der Waals surface area contributed by atoms with E-state index in [1.807, 2.05) is 0 Å². The molecule has 2 aromatic carbocycles. The molecule has 27 heavy (non-hydrogen) atoms. The number of nitrogens with zero attached hydrogens (tertiary/aromatic N) is 2. The van der Waals surface area contributed by atoms with Crippen molar-refractivity contribution in [3.8, 4) is 0 Å². The van der Waals surface area contributed by atoms with E-state index in [9.17, 15) is 21.6 Å². The highest BCUT2D eigenvalue weighted by atomic mass is 32.2. The van der Waals surface area contributed by atoms with Crippen molar-refractivity contribution in [1.82, 2.24) is 0 Å². The number of halogens is 3. The summed E-state index contributed by atoms with van der Waals surface area (Å²) in [5.41, 5.74) is 6.56. The maximum atomic E-state index is 13.2. The topological polar surface area (TPSA) is 75.8 Å². The van der Waals surface area contributed by atoms with Gasteiger partial charge in [-0.25, -0.2) is 8.42 Å². The maximum Gasteiger partial charge on any atom is 0.431 e. The van der Waals surface area contributed by atoms with E-state index in [2.05, 4.69) is 5.10 Å². The molecule has 1 heterocycles. The number of hydrogen-bond donors (Lipinski definition) is 1. The minimum Gasteiger partial charge on any atom is -0.326 e. The average molecular weight is 397 g/mol. The van der Waals surface area contributed by atoms with Crippen LogP contribution in [0.2, 0.25) is 0 Å². The van der Waals surface area contributed by atoms with E-state index in [0.29, 0.717) is 11.3 Å². The molecule has 2 aromatic rings. The number of nitrogens with two attached hydrogens (primary N) is 1. The van der Waals surface area contributed by atoms with Crippen LogP contribution in [0.5, 0.6) is 0 Å². The summed E-state index contributed by atoms with van der Waals surface area (Å²) >= 11 is 0. The summed E-state index contributed by atoms with van der Waals surface area (Å²) in [6.45, 7) is 0.255. The zero-order valence-corrected chi connectivity index (χ0v) is 15.3. The molecule has 0 saturated heterocycles. The fourth-order valence-corrected chi connectivity index (χ4v) is 3.57. The van der Waals surface area contributed by atoms with Crippen LogP contribution < -0.4 is 10.7 Å². The van der Waals surface area contributed by atoms with E-state index < -0.39 is 27.8 Å². The minimum atomic E-state index is -4.54. The molecule has 0 spiro atoms. The van der Waals surface area contributed by atoms with Crippen molar-refractivity contribution in [1.29, 1.82) is 0 Å². The normalized spacial score (nSPS) is 17.9. The van der Waals surface area contributed by atoms with E-state index in [1.54, 1.807) is 24.3 Å². The first-order valence-corrected chi connectivity index (χ1v) is 10.0. The largest absolute Gasteiger partial charge is 0.431 e. The number of rotatable bonds is 4. The molecular weight excluding hydrogens is 379 g/mol. The van der Waals surface area contributed by atoms with Crippen LogP contribution in [0.1, 0.15) is 23.6 Å². The van der Waals surface area contributed by atoms with Crippen LogP contribution in [0.3, 0.4) is 0 Å². The highest BCUT2D eigenvalue weighted by Crippen LogP contribution is 2.39. The van der Waals surface area contributed by atoms with E-state index in [1.165, 1.54) is 29.3 Å². The van der Waals surface area contributed by atoms with Crippen LogP contribution in [0, 0.1) is 0 Å². The van der Waals surface area contributed by atoms with Crippen molar-refractivity contribution < 1.29 is 21.6 Å². The average Bonchev–Trinajstić information content (AvgIpc) is 3.07. The second-order valence-corrected chi connectivity index (χ2v) is 8.34. The molecule has 144 valence electrons. The standard InChI is InChI=1S/C18H18F3N3O2S/c1-27(25,26)15-7-5-13(6-8-15)16-10-17(18(19,20)21)23-24(16)14-4-2-3-12(9-14)11-22/h2-9,16H,10-11,22H2,1H3. The number of benzene rings is 2. The predicted molar refractivity (Wildman–Crippen MR) is 97.2 cm³/mol. The van der Waals surface area contributed by atoms with Gasteiger partial charge in [-0.1, -0.05) is 24.3 Å². The molecule has 0 fully saturated rings. The van der Waals surface area contributed by atoms with Crippen LogP contribution in [0.25, 0.3) is 0 Å². The molecule has 9 heteroatoms. The highest BCUT2D eigenvalue weighted by molar-refractivity contribution is 7.90. The third-order valence-corrected chi connectivity index (χ3v) is 5.47. The van der Waals surface area contributed by atoms with Gasteiger partial charge in [0.05, 0.1) is 16.6 Å². The Morgan fingerprint density at radius 1 is 1.19 bits per heavy atom. The lowest BCUT2D eigenvalue weighted by Crippen LogP contribution is -2.21. The number of alkyl halides is 3. The van der Waals surface area contributed by atoms with Gasteiger partial charge >= 0.3 is 6.18 Å². The van der Waals surface area contributed by atoms with E-state index in [0.717, 1.165) is 11.8 Å². The van der Waals surface area contributed by atoms with Gasteiger partial charge in [-0.15, -0.1) is 0 Å². The molecule has 0 radical (unpaired) electrons. The number of sulfone groups is 1. The summed E-state index contributed by atoms with van der Waals surface area (Å²) in [4.78, 5) is 0.109. The molecule has 0 bridgehead atoms. The Labute approximate surface area is 155 Å². The van der Waals surface area contributed by atoms with Crippen LogP contribution in [-0.4, -0.2) is 26.6 Å².